The number of methoxy groups -OCH3 is 1. The monoisotopic (exact) mass is 295 g/mol. The van der Waals surface area contributed by atoms with Crippen LogP contribution in [0.2, 0.25) is 0 Å². The van der Waals surface area contributed by atoms with Gasteiger partial charge in [0.15, 0.2) is 0 Å². The van der Waals surface area contributed by atoms with Crippen LogP contribution in [0.5, 0.6) is 0 Å². The highest BCUT2D eigenvalue weighted by atomic mass is 16.6. The number of hydrogen-bond donors (Lipinski definition) is 1. The number of nitro groups is 1. The van der Waals surface area contributed by atoms with Crippen LogP contribution in [0.3, 0.4) is 0 Å². The highest BCUT2D eigenvalue weighted by Crippen LogP contribution is 2.30. The molecule has 8 heteroatoms. The lowest BCUT2D eigenvalue weighted by molar-refractivity contribution is -0.384. The number of anilines is 2. The average molecular weight is 295 g/mol. The maximum Gasteiger partial charge on any atom is 0.329 e. The first kappa shape index (κ1) is 15.4. The SMILES string of the molecule is CCCNc1ncc([N+](=O)[O-])c(N2CCC(COC)C2)n1. The maximum atomic E-state index is 11.2. The molecule has 1 aromatic rings. The maximum absolute atomic E-state index is 11.2. The third kappa shape index (κ3) is 3.78. The molecule has 1 saturated heterocycles. The van der Waals surface area contributed by atoms with Gasteiger partial charge in [-0.1, -0.05) is 6.92 Å². The summed E-state index contributed by atoms with van der Waals surface area (Å²) in [7, 11) is 1.67. The van der Waals surface area contributed by atoms with Gasteiger partial charge in [0.25, 0.3) is 0 Å². The Bertz CT molecular complexity index is 497. The summed E-state index contributed by atoms with van der Waals surface area (Å²) in [5.74, 6) is 1.22. The molecule has 1 aliphatic rings. The summed E-state index contributed by atoms with van der Waals surface area (Å²) in [6.07, 6.45) is 3.17. The Hall–Kier alpha value is -1.96. The van der Waals surface area contributed by atoms with E-state index in [0.717, 1.165) is 32.5 Å². The van der Waals surface area contributed by atoms with Crippen molar-refractivity contribution in [2.45, 2.75) is 19.8 Å². The molecule has 0 spiro atoms. The molecule has 0 radical (unpaired) electrons. The summed E-state index contributed by atoms with van der Waals surface area (Å²) in [6.45, 7) is 4.91. The molecule has 21 heavy (non-hydrogen) atoms. The number of rotatable bonds is 7. The molecule has 116 valence electrons. The van der Waals surface area contributed by atoms with Crippen LogP contribution in [0.1, 0.15) is 19.8 Å². The topological polar surface area (TPSA) is 93.4 Å². The van der Waals surface area contributed by atoms with Crippen molar-refractivity contribution in [3.8, 4) is 0 Å². The predicted molar refractivity (Wildman–Crippen MR) is 79.7 cm³/mol. The molecule has 2 rings (SSSR count). The molecule has 0 aliphatic carbocycles. The first-order valence-corrected chi connectivity index (χ1v) is 7.14. The second-order valence-corrected chi connectivity index (χ2v) is 5.14. The van der Waals surface area contributed by atoms with E-state index in [1.165, 1.54) is 6.20 Å². The van der Waals surface area contributed by atoms with Gasteiger partial charge >= 0.3 is 5.69 Å². The van der Waals surface area contributed by atoms with Crippen molar-refractivity contribution in [3.63, 3.8) is 0 Å². The zero-order valence-corrected chi connectivity index (χ0v) is 12.4. The molecule has 1 aliphatic heterocycles. The zero-order chi connectivity index (χ0) is 15.2. The lowest BCUT2D eigenvalue weighted by Gasteiger charge is -2.17. The quantitative estimate of drug-likeness (QED) is 0.604. The van der Waals surface area contributed by atoms with Gasteiger partial charge in [0.1, 0.15) is 6.20 Å². The molecule has 1 unspecified atom stereocenters. The molecule has 0 aromatic carbocycles. The van der Waals surface area contributed by atoms with E-state index in [2.05, 4.69) is 15.3 Å². The van der Waals surface area contributed by atoms with Crippen molar-refractivity contribution in [3.05, 3.63) is 16.3 Å². The van der Waals surface area contributed by atoms with Crippen LogP contribution in [0.25, 0.3) is 0 Å². The smallest absolute Gasteiger partial charge is 0.329 e. The summed E-state index contributed by atoms with van der Waals surface area (Å²) in [5, 5.41) is 14.2. The molecule has 0 saturated carbocycles. The Morgan fingerprint density at radius 2 is 2.43 bits per heavy atom. The van der Waals surface area contributed by atoms with Crippen molar-refractivity contribution in [1.29, 1.82) is 0 Å². The highest BCUT2D eigenvalue weighted by molar-refractivity contribution is 5.59. The Morgan fingerprint density at radius 1 is 1.62 bits per heavy atom. The van der Waals surface area contributed by atoms with E-state index in [0.29, 0.717) is 24.3 Å². The fourth-order valence-electron chi connectivity index (χ4n) is 2.45. The van der Waals surface area contributed by atoms with Gasteiger partial charge < -0.3 is 15.0 Å². The number of hydrogen-bond acceptors (Lipinski definition) is 7. The van der Waals surface area contributed by atoms with Gasteiger partial charge in [-0.3, -0.25) is 10.1 Å². The fourth-order valence-corrected chi connectivity index (χ4v) is 2.45. The summed E-state index contributed by atoms with van der Waals surface area (Å²) in [4.78, 5) is 21.0. The highest BCUT2D eigenvalue weighted by Gasteiger charge is 2.29. The zero-order valence-electron chi connectivity index (χ0n) is 12.4. The molecular weight excluding hydrogens is 274 g/mol. The standard InChI is InChI=1S/C13H21N5O3/c1-3-5-14-13-15-7-11(18(19)20)12(16-13)17-6-4-10(8-17)9-21-2/h7,10H,3-6,8-9H2,1-2H3,(H,14,15,16). The summed E-state index contributed by atoms with van der Waals surface area (Å²) in [5.41, 5.74) is -0.0462. The van der Waals surface area contributed by atoms with Crippen molar-refractivity contribution >= 4 is 17.5 Å². The van der Waals surface area contributed by atoms with Crippen LogP contribution >= 0.6 is 0 Å². The molecule has 1 N–H and O–H groups in total. The predicted octanol–water partition coefficient (Wildman–Crippen LogP) is 1.68. The second-order valence-electron chi connectivity index (χ2n) is 5.14. The lowest BCUT2D eigenvalue weighted by Crippen LogP contribution is -2.23. The van der Waals surface area contributed by atoms with Gasteiger partial charge in [0.2, 0.25) is 11.8 Å². The Labute approximate surface area is 123 Å². The molecule has 1 atom stereocenters. The molecule has 1 aromatic heterocycles. The average Bonchev–Trinajstić information content (AvgIpc) is 2.93. The Morgan fingerprint density at radius 3 is 3.10 bits per heavy atom. The number of nitrogens with zero attached hydrogens (tertiary/aromatic N) is 4. The van der Waals surface area contributed by atoms with Gasteiger partial charge in [-0.15, -0.1) is 0 Å². The molecule has 0 amide bonds. The molecular formula is C13H21N5O3. The molecule has 1 fully saturated rings. The van der Waals surface area contributed by atoms with Crippen molar-refractivity contribution < 1.29 is 9.66 Å². The van der Waals surface area contributed by atoms with Gasteiger partial charge in [-0.2, -0.15) is 4.98 Å². The number of ether oxygens (including phenoxy) is 1. The van der Waals surface area contributed by atoms with Crippen LogP contribution in [-0.4, -0.2) is 48.2 Å². The molecule has 2 heterocycles. The lowest BCUT2D eigenvalue weighted by atomic mass is 10.1. The van der Waals surface area contributed by atoms with E-state index >= 15 is 0 Å². The minimum Gasteiger partial charge on any atom is -0.384 e. The van der Waals surface area contributed by atoms with E-state index in [1.54, 1.807) is 7.11 Å². The van der Waals surface area contributed by atoms with E-state index in [-0.39, 0.29) is 5.69 Å². The van der Waals surface area contributed by atoms with Crippen LogP contribution < -0.4 is 10.2 Å². The summed E-state index contributed by atoms with van der Waals surface area (Å²) in [6, 6.07) is 0. The van der Waals surface area contributed by atoms with Crippen molar-refractivity contribution in [1.82, 2.24) is 9.97 Å². The third-order valence-corrected chi connectivity index (χ3v) is 3.47. The van der Waals surface area contributed by atoms with Gasteiger partial charge in [-0.05, 0) is 12.8 Å². The summed E-state index contributed by atoms with van der Waals surface area (Å²) >= 11 is 0. The number of aromatic nitrogens is 2. The van der Waals surface area contributed by atoms with Gasteiger partial charge in [0.05, 0.1) is 11.5 Å². The molecule has 8 nitrogen and oxygen atoms in total. The minimum atomic E-state index is -0.428. The Balaban J connectivity index is 2.20. The van der Waals surface area contributed by atoms with Crippen LogP contribution in [0.15, 0.2) is 6.20 Å². The number of nitrogens with one attached hydrogen (secondary N) is 1. The molecule has 0 bridgehead atoms. The Kier molecular flexibility index (Phi) is 5.26. The van der Waals surface area contributed by atoms with E-state index in [4.69, 9.17) is 4.74 Å². The van der Waals surface area contributed by atoms with Crippen molar-refractivity contribution in [2.75, 3.05) is 43.6 Å². The third-order valence-electron chi connectivity index (χ3n) is 3.47. The first-order valence-electron chi connectivity index (χ1n) is 7.14. The van der Waals surface area contributed by atoms with Gasteiger partial charge in [-0.25, -0.2) is 4.98 Å². The minimum absolute atomic E-state index is 0.0462. The van der Waals surface area contributed by atoms with E-state index < -0.39 is 4.92 Å². The van der Waals surface area contributed by atoms with Crippen LogP contribution in [0, 0.1) is 16.0 Å². The van der Waals surface area contributed by atoms with Crippen LogP contribution in [0.4, 0.5) is 17.5 Å². The van der Waals surface area contributed by atoms with Gasteiger partial charge in [0, 0.05) is 32.7 Å². The van der Waals surface area contributed by atoms with Crippen LogP contribution in [-0.2, 0) is 4.74 Å². The fraction of sp³-hybridized carbons (Fsp3) is 0.692. The van der Waals surface area contributed by atoms with E-state index in [9.17, 15) is 10.1 Å². The largest absolute Gasteiger partial charge is 0.384 e. The van der Waals surface area contributed by atoms with E-state index in [1.807, 2.05) is 11.8 Å². The second kappa shape index (κ2) is 7.16. The van der Waals surface area contributed by atoms with Crippen molar-refractivity contribution in [2.24, 2.45) is 5.92 Å². The normalized spacial score (nSPS) is 18.0. The first-order chi connectivity index (χ1) is 10.2. The summed E-state index contributed by atoms with van der Waals surface area (Å²) < 4.78 is 5.16.